The van der Waals surface area contributed by atoms with E-state index in [1.54, 1.807) is 33.1 Å². The van der Waals surface area contributed by atoms with Crippen LogP contribution in [-0.2, 0) is 0 Å². The summed E-state index contributed by atoms with van der Waals surface area (Å²) in [5.41, 5.74) is 3.13. The Morgan fingerprint density at radius 2 is 1.77 bits per heavy atom. The third-order valence-electron chi connectivity index (χ3n) is 4.76. The van der Waals surface area contributed by atoms with Crippen molar-refractivity contribution in [3.63, 3.8) is 0 Å². The van der Waals surface area contributed by atoms with E-state index in [0.29, 0.717) is 34.0 Å². The fourth-order valence-electron chi connectivity index (χ4n) is 3.31. The molecule has 0 aliphatic carbocycles. The van der Waals surface area contributed by atoms with Crippen molar-refractivity contribution in [3.8, 4) is 34.4 Å². The quantitative estimate of drug-likeness (QED) is 0.531. The van der Waals surface area contributed by atoms with Crippen LogP contribution in [0.1, 0.15) is 25.1 Å². The van der Waals surface area contributed by atoms with Gasteiger partial charge in [-0.05, 0) is 24.6 Å². The molecule has 1 N–H and O–H groups in total. The molecule has 8 nitrogen and oxygen atoms in total. The standard InChI is InChI=1S/C22H24N4O4S/c1-5-10-31-22-24-21-18(25-26-22)14-8-6-7-9-15(14)23-20(30-21)13-11-16(27-2)19(29-4)17(12-13)28-3/h6-9,11-12,20,23H,5,10H2,1-4H3/t20-/m0/s1. The Hall–Kier alpha value is -3.20. The van der Waals surface area contributed by atoms with E-state index >= 15 is 0 Å². The second kappa shape index (κ2) is 9.30. The Balaban J connectivity index is 1.81. The van der Waals surface area contributed by atoms with E-state index in [2.05, 4.69) is 27.4 Å². The van der Waals surface area contributed by atoms with E-state index in [0.717, 1.165) is 29.0 Å². The zero-order valence-corrected chi connectivity index (χ0v) is 18.7. The smallest absolute Gasteiger partial charge is 0.247 e. The lowest BCUT2D eigenvalue weighted by atomic mass is 10.1. The van der Waals surface area contributed by atoms with Gasteiger partial charge in [0.2, 0.25) is 16.8 Å². The number of anilines is 1. The summed E-state index contributed by atoms with van der Waals surface area (Å²) in [4.78, 5) is 4.64. The molecule has 0 bridgehead atoms. The van der Waals surface area contributed by atoms with Crippen LogP contribution in [0.3, 0.4) is 0 Å². The molecule has 1 aliphatic rings. The van der Waals surface area contributed by atoms with Gasteiger partial charge in [0.1, 0.15) is 0 Å². The summed E-state index contributed by atoms with van der Waals surface area (Å²) in [5.74, 6) is 2.93. The number of benzene rings is 2. The van der Waals surface area contributed by atoms with Gasteiger partial charge in [-0.15, -0.1) is 10.2 Å². The van der Waals surface area contributed by atoms with Gasteiger partial charge in [-0.25, -0.2) is 0 Å². The van der Waals surface area contributed by atoms with E-state index in [9.17, 15) is 0 Å². The van der Waals surface area contributed by atoms with Crippen molar-refractivity contribution < 1.29 is 18.9 Å². The first-order valence-corrected chi connectivity index (χ1v) is 10.9. The predicted molar refractivity (Wildman–Crippen MR) is 119 cm³/mol. The first-order valence-electron chi connectivity index (χ1n) is 9.88. The van der Waals surface area contributed by atoms with Crippen molar-refractivity contribution in [2.45, 2.75) is 24.7 Å². The SMILES string of the molecule is CCCSc1nnc2c(n1)O[C@@H](c1cc(OC)c(OC)c(OC)c1)Nc1ccccc1-2. The second-order valence-electron chi connectivity index (χ2n) is 6.74. The molecule has 1 aliphatic heterocycles. The van der Waals surface area contributed by atoms with Gasteiger partial charge in [0.15, 0.2) is 23.4 Å². The van der Waals surface area contributed by atoms with E-state index in [-0.39, 0.29) is 0 Å². The molecule has 2 aromatic carbocycles. The highest BCUT2D eigenvalue weighted by atomic mass is 32.2. The van der Waals surface area contributed by atoms with Crippen LogP contribution >= 0.6 is 11.8 Å². The summed E-state index contributed by atoms with van der Waals surface area (Å²) < 4.78 is 22.8. The van der Waals surface area contributed by atoms with Crippen LogP contribution in [0.2, 0.25) is 0 Å². The number of aromatic nitrogens is 3. The Bertz CT molecular complexity index is 1050. The largest absolute Gasteiger partial charge is 0.493 e. The molecule has 162 valence electrons. The molecule has 0 spiro atoms. The van der Waals surface area contributed by atoms with Crippen LogP contribution in [0.5, 0.6) is 23.1 Å². The summed E-state index contributed by atoms with van der Waals surface area (Å²) in [6.45, 7) is 2.11. The molecule has 4 rings (SSSR count). The van der Waals surface area contributed by atoms with Gasteiger partial charge in [-0.1, -0.05) is 36.9 Å². The fraction of sp³-hybridized carbons (Fsp3) is 0.318. The van der Waals surface area contributed by atoms with Crippen LogP contribution in [0.4, 0.5) is 5.69 Å². The third-order valence-corrected chi connectivity index (χ3v) is 5.80. The predicted octanol–water partition coefficient (Wildman–Crippen LogP) is 4.57. The van der Waals surface area contributed by atoms with E-state index in [1.165, 1.54) is 0 Å². The van der Waals surface area contributed by atoms with Crippen molar-refractivity contribution >= 4 is 17.4 Å². The average Bonchev–Trinajstić information content (AvgIpc) is 2.98. The number of nitrogens with one attached hydrogen (secondary N) is 1. The summed E-state index contributed by atoms with van der Waals surface area (Å²) in [6, 6.07) is 11.6. The van der Waals surface area contributed by atoms with Crippen molar-refractivity contribution in [2.75, 3.05) is 32.4 Å². The molecule has 0 saturated carbocycles. The number of hydrogen-bond acceptors (Lipinski definition) is 9. The van der Waals surface area contributed by atoms with Crippen molar-refractivity contribution in [3.05, 3.63) is 42.0 Å². The van der Waals surface area contributed by atoms with Gasteiger partial charge >= 0.3 is 0 Å². The van der Waals surface area contributed by atoms with Gasteiger partial charge in [0, 0.05) is 22.6 Å². The fourth-order valence-corrected chi connectivity index (χ4v) is 3.94. The van der Waals surface area contributed by atoms with Crippen LogP contribution < -0.4 is 24.3 Å². The van der Waals surface area contributed by atoms with Crippen LogP contribution in [0.25, 0.3) is 11.3 Å². The molecule has 0 saturated heterocycles. The summed E-state index contributed by atoms with van der Waals surface area (Å²) >= 11 is 1.55. The Labute approximate surface area is 185 Å². The van der Waals surface area contributed by atoms with Gasteiger partial charge in [0.05, 0.1) is 21.3 Å². The monoisotopic (exact) mass is 440 g/mol. The number of hydrogen-bond donors (Lipinski definition) is 1. The molecule has 0 fully saturated rings. The van der Waals surface area contributed by atoms with Gasteiger partial charge in [-0.2, -0.15) is 4.98 Å². The zero-order chi connectivity index (χ0) is 21.8. The lowest BCUT2D eigenvalue weighted by molar-refractivity contribution is 0.223. The van der Waals surface area contributed by atoms with Gasteiger partial charge in [0.25, 0.3) is 0 Å². The number of para-hydroxylation sites is 1. The van der Waals surface area contributed by atoms with E-state index < -0.39 is 6.23 Å². The Morgan fingerprint density at radius 3 is 2.45 bits per heavy atom. The highest BCUT2D eigenvalue weighted by molar-refractivity contribution is 7.99. The van der Waals surface area contributed by atoms with Crippen LogP contribution in [0.15, 0.2) is 41.6 Å². The number of ether oxygens (including phenoxy) is 4. The molecule has 3 aromatic rings. The average molecular weight is 441 g/mol. The van der Waals surface area contributed by atoms with E-state index in [1.807, 2.05) is 36.4 Å². The highest BCUT2D eigenvalue weighted by Gasteiger charge is 2.28. The summed E-state index contributed by atoms with van der Waals surface area (Å²) in [7, 11) is 4.74. The molecular formula is C22H24N4O4S. The number of methoxy groups -OCH3 is 3. The minimum absolute atomic E-state index is 0.421. The first kappa shape index (κ1) is 21.0. The van der Waals surface area contributed by atoms with Crippen LogP contribution in [0, 0.1) is 0 Å². The molecular weight excluding hydrogens is 416 g/mol. The van der Waals surface area contributed by atoms with Crippen molar-refractivity contribution in [2.24, 2.45) is 0 Å². The summed E-state index contributed by atoms with van der Waals surface area (Å²) in [6.07, 6.45) is 0.460. The number of thioether (sulfide) groups is 1. The second-order valence-corrected chi connectivity index (χ2v) is 7.81. The molecule has 0 radical (unpaired) electrons. The maximum absolute atomic E-state index is 6.33. The Kier molecular flexibility index (Phi) is 6.31. The molecule has 0 amide bonds. The minimum Gasteiger partial charge on any atom is -0.493 e. The molecule has 2 heterocycles. The molecule has 0 unspecified atom stereocenters. The Morgan fingerprint density at radius 1 is 1.03 bits per heavy atom. The lowest BCUT2D eigenvalue weighted by Crippen LogP contribution is -2.17. The normalized spacial score (nSPS) is 14.4. The number of fused-ring (bicyclic) bond motifs is 3. The molecule has 31 heavy (non-hydrogen) atoms. The minimum atomic E-state index is -0.558. The first-order chi connectivity index (χ1) is 15.2. The highest BCUT2D eigenvalue weighted by Crippen LogP contribution is 2.43. The van der Waals surface area contributed by atoms with E-state index in [4.69, 9.17) is 18.9 Å². The number of nitrogens with zero attached hydrogens (tertiary/aromatic N) is 3. The third kappa shape index (κ3) is 4.18. The van der Waals surface area contributed by atoms with Gasteiger partial charge in [-0.3, -0.25) is 0 Å². The van der Waals surface area contributed by atoms with Gasteiger partial charge < -0.3 is 24.3 Å². The lowest BCUT2D eigenvalue weighted by Gasteiger charge is -2.21. The molecule has 1 atom stereocenters. The van der Waals surface area contributed by atoms with Crippen LogP contribution in [-0.4, -0.2) is 42.3 Å². The molecule has 1 aromatic heterocycles. The topological polar surface area (TPSA) is 87.6 Å². The summed E-state index contributed by atoms with van der Waals surface area (Å²) in [5, 5.41) is 12.7. The zero-order valence-electron chi connectivity index (χ0n) is 17.8. The maximum Gasteiger partial charge on any atom is 0.247 e. The number of rotatable bonds is 7. The van der Waals surface area contributed by atoms with Crippen molar-refractivity contribution in [1.29, 1.82) is 0 Å². The maximum atomic E-state index is 6.33. The molecule has 9 heteroatoms. The van der Waals surface area contributed by atoms with Crippen molar-refractivity contribution in [1.82, 2.24) is 15.2 Å².